The average Bonchev–Trinajstić information content (AvgIpc) is 2.56. The predicted molar refractivity (Wildman–Crippen MR) is 91.0 cm³/mol. The monoisotopic (exact) mass is 371 g/mol. The number of aromatic nitrogens is 1. The molecule has 136 valence electrons. The number of aliphatic hydroxyl groups excluding tert-OH is 1. The van der Waals surface area contributed by atoms with E-state index in [1.807, 2.05) is 0 Å². The molecule has 0 spiro atoms. The molecule has 2 N–H and O–H groups in total. The van der Waals surface area contributed by atoms with Gasteiger partial charge in [-0.2, -0.15) is 0 Å². The van der Waals surface area contributed by atoms with Crippen LogP contribution in [0.1, 0.15) is 13.3 Å². The molecule has 0 amide bonds. The summed E-state index contributed by atoms with van der Waals surface area (Å²) in [6.45, 7) is 2.24. The molecule has 2 rings (SSSR count). The third kappa shape index (κ3) is 5.10. The minimum atomic E-state index is -3.97. The summed E-state index contributed by atoms with van der Waals surface area (Å²) in [7, 11) is -2.20. The molecule has 0 bridgehead atoms. The van der Waals surface area contributed by atoms with E-state index < -0.39 is 27.8 Å². The molecule has 2 aromatic rings. The summed E-state index contributed by atoms with van der Waals surface area (Å²) in [5.74, 6) is -1.66. The minimum Gasteiger partial charge on any atom is -0.393 e. The van der Waals surface area contributed by atoms with Gasteiger partial charge >= 0.3 is 0 Å². The van der Waals surface area contributed by atoms with Crippen LogP contribution in [0.4, 0.5) is 20.3 Å². The smallest absolute Gasteiger partial charge is 0.263 e. The number of aliphatic hydroxyl groups is 1. The number of hydrogen-bond acceptors (Lipinski definition) is 5. The molecular formula is C16H19F2N3O3S. The van der Waals surface area contributed by atoms with Crippen LogP contribution in [0.5, 0.6) is 0 Å². The molecule has 6 nitrogen and oxygen atoms in total. The zero-order chi connectivity index (χ0) is 18.6. The van der Waals surface area contributed by atoms with Crippen molar-refractivity contribution in [2.45, 2.75) is 24.3 Å². The highest BCUT2D eigenvalue weighted by molar-refractivity contribution is 7.92. The zero-order valence-electron chi connectivity index (χ0n) is 13.8. The lowest BCUT2D eigenvalue weighted by atomic mass is 10.3. The van der Waals surface area contributed by atoms with E-state index in [1.165, 1.54) is 18.3 Å². The highest BCUT2D eigenvalue weighted by Crippen LogP contribution is 2.19. The van der Waals surface area contributed by atoms with Crippen molar-refractivity contribution in [3.63, 3.8) is 0 Å². The molecule has 0 saturated heterocycles. The van der Waals surface area contributed by atoms with Crippen molar-refractivity contribution in [3.05, 3.63) is 48.2 Å². The van der Waals surface area contributed by atoms with Gasteiger partial charge in [-0.3, -0.25) is 4.72 Å². The molecular weight excluding hydrogens is 352 g/mol. The van der Waals surface area contributed by atoms with E-state index in [-0.39, 0.29) is 10.6 Å². The number of anilines is 2. The molecule has 25 heavy (non-hydrogen) atoms. The number of sulfonamides is 1. The Morgan fingerprint density at radius 2 is 1.96 bits per heavy atom. The maximum atomic E-state index is 13.2. The standard InChI is InChI=1S/C16H19F2N3O3S/c1-11(22)7-8-21(2)16-6-4-13(10-19-16)25(23,24)20-12-3-5-14(17)15(18)9-12/h3-6,9-11,20,22H,7-8H2,1-2H3. The molecule has 0 aliphatic carbocycles. The fourth-order valence-corrected chi connectivity index (χ4v) is 3.02. The van der Waals surface area contributed by atoms with Gasteiger partial charge in [-0.1, -0.05) is 0 Å². The Hall–Kier alpha value is -2.26. The number of halogens is 2. The summed E-state index contributed by atoms with van der Waals surface area (Å²) in [6.07, 6.45) is 1.29. The zero-order valence-corrected chi connectivity index (χ0v) is 14.6. The number of nitrogens with one attached hydrogen (secondary N) is 1. The third-order valence-electron chi connectivity index (χ3n) is 3.48. The van der Waals surface area contributed by atoms with Crippen LogP contribution >= 0.6 is 0 Å². The first-order chi connectivity index (χ1) is 11.7. The van der Waals surface area contributed by atoms with E-state index in [4.69, 9.17) is 0 Å². The van der Waals surface area contributed by atoms with Crippen molar-refractivity contribution in [1.29, 1.82) is 0 Å². The summed E-state index contributed by atoms with van der Waals surface area (Å²) in [5.41, 5.74) is -0.0861. The Kier molecular flexibility index (Phi) is 5.91. The second-order valence-corrected chi connectivity index (χ2v) is 7.33. The van der Waals surface area contributed by atoms with Gasteiger partial charge in [0, 0.05) is 25.9 Å². The molecule has 0 aliphatic heterocycles. The van der Waals surface area contributed by atoms with E-state index in [1.54, 1.807) is 18.9 Å². The first-order valence-corrected chi connectivity index (χ1v) is 9.00. The van der Waals surface area contributed by atoms with Gasteiger partial charge in [-0.05, 0) is 37.6 Å². The lowest BCUT2D eigenvalue weighted by molar-refractivity contribution is 0.187. The number of benzene rings is 1. The summed E-state index contributed by atoms with van der Waals surface area (Å²) in [5, 5.41) is 9.29. The fraction of sp³-hybridized carbons (Fsp3) is 0.312. The second-order valence-electron chi connectivity index (χ2n) is 5.65. The van der Waals surface area contributed by atoms with Gasteiger partial charge in [-0.15, -0.1) is 0 Å². The number of hydrogen-bond donors (Lipinski definition) is 2. The van der Waals surface area contributed by atoms with Crippen LogP contribution in [-0.2, 0) is 10.0 Å². The van der Waals surface area contributed by atoms with Gasteiger partial charge < -0.3 is 10.0 Å². The number of rotatable bonds is 7. The maximum Gasteiger partial charge on any atom is 0.263 e. The lowest BCUT2D eigenvalue weighted by Gasteiger charge is -2.19. The highest BCUT2D eigenvalue weighted by atomic mass is 32.2. The number of nitrogens with zero attached hydrogens (tertiary/aromatic N) is 2. The lowest BCUT2D eigenvalue weighted by Crippen LogP contribution is -2.23. The first-order valence-electron chi connectivity index (χ1n) is 7.52. The minimum absolute atomic E-state index is 0.0861. The van der Waals surface area contributed by atoms with Crippen molar-refractivity contribution in [1.82, 2.24) is 4.98 Å². The third-order valence-corrected chi connectivity index (χ3v) is 4.84. The van der Waals surface area contributed by atoms with E-state index in [0.29, 0.717) is 18.8 Å². The molecule has 0 saturated carbocycles. The first kappa shape index (κ1) is 19.1. The van der Waals surface area contributed by atoms with Gasteiger partial charge in [0.05, 0.1) is 11.8 Å². The van der Waals surface area contributed by atoms with E-state index in [2.05, 4.69) is 9.71 Å². The molecule has 1 aromatic carbocycles. The van der Waals surface area contributed by atoms with Crippen LogP contribution in [0.25, 0.3) is 0 Å². The van der Waals surface area contributed by atoms with Crippen molar-refractivity contribution < 1.29 is 22.3 Å². The van der Waals surface area contributed by atoms with Crippen molar-refractivity contribution >= 4 is 21.5 Å². The Morgan fingerprint density at radius 3 is 2.52 bits per heavy atom. The van der Waals surface area contributed by atoms with Crippen molar-refractivity contribution in [2.75, 3.05) is 23.2 Å². The molecule has 9 heteroatoms. The van der Waals surface area contributed by atoms with Crippen LogP contribution < -0.4 is 9.62 Å². The van der Waals surface area contributed by atoms with Crippen LogP contribution in [0, 0.1) is 11.6 Å². The maximum absolute atomic E-state index is 13.2. The van der Waals surface area contributed by atoms with Crippen molar-refractivity contribution in [2.24, 2.45) is 0 Å². The summed E-state index contributed by atoms with van der Waals surface area (Å²) >= 11 is 0. The van der Waals surface area contributed by atoms with Crippen LogP contribution in [0.3, 0.4) is 0 Å². The van der Waals surface area contributed by atoms with Gasteiger partial charge in [0.25, 0.3) is 10.0 Å². The quantitative estimate of drug-likeness (QED) is 0.781. The largest absolute Gasteiger partial charge is 0.393 e. The van der Waals surface area contributed by atoms with Crippen molar-refractivity contribution in [3.8, 4) is 0 Å². The second kappa shape index (κ2) is 7.75. The normalized spacial score (nSPS) is 12.7. The van der Waals surface area contributed by atoms with Gasteiger partial charge in [-0.25, -0.2) is 22.2 Å². The van der Waals surface area contributed by atoms with E-state index in [0.717, 1.165) is 18.2 Å². The summed E-state index contributed by atoms with van der Waals surface area (Å²) in [6, 6.07) is 5.62. The Balaban J connectivity index is 2.13. The fourth-order valence-electron chi connectivity index (χ4n) is 2.03. The van der Waals surface area contributed by atoms with Crippen LogP contribution in [-0.4, -0.2) is 38.2 Å². The molecule has 0 fully saturated rings. The molecule has 0 aliphatic rings. The number of pyridine rings is 1. The van der Waals surface area contributed by atoms with Gasteiger partial charge in [0.1, 0.15) is 10.7 Å². The van der Waals surface area contributed by atoms with Gasteiger partial charge in [0.15, 0.2) is 11.6 Å². The summed E-state index contributed by atoms with van der Waals surface area (Å²) in [4.78, 5) is 5.76. The Labute approximate surface area is 145 Å². The molecule has 1 heterocycles. The predicted octanol–water partition coefficient (Wildman–Crippen LogP) is 2.37. The van der Waals surface area contributed by atoms with Gasteiger partial charge in [0.2, 0.25) is 0 Å². The topological polar surface area (TPSA) is 82.5 Å². The van der Waals surface area contributed by atoms with E-state index >= 15 is 0 Å². The molecule has 1 aromatic heterocycles. The van der Waals surface area contributed by atoms with Crippen LogP contribution in [0.2, 0.25) is 0 Å². The molecule has 0 radical (unpaired) electrons. The van der Waals surface area contributed by atoms with E-state index in [9.17, 15) is 22.3 Å². The highest BCUT2D eigenvalue weighted by Gasteiger charge is 2.16. The van der Waals surface area contributed by atoms with Crippen LogP contribution in [0.15, 0.2) is 41.4 Å². The molecule has 1 unspecified atom stereocenters. The Bertz CT molecular complexity index is 827. The SMILES string of the molecule is CC(O)CCN(C)c1ccc(S(=O)(=O)Nc2ccc(F)c(F)c2)cn1. The molecule has 1 atom stereocenters. The summed E-state index contributed by atoms with van der Waals surface area (Å²) < 4.78 is 52.8. The Morgan fingerprint density at radius 1 is 1.24 bits per heavy atom. The average molecular weight is 371 g/mol.